The normalized spacial score (nSPS) is 13.9. The predicted octanol–water partition coefficient (Wildman–Crippen LogP) is 3.17. The van der Waals surface area contributed by atoms with Gasteiger partial charge in [-0.2, -0.15) is 5.10 Å². The first-order chi connectivity index (χ1) is 7.28. The molecule has 0 heterocycles. The van der Waals surface area contributed by atoms with Crippen molar-refractivity contribution < 1.29 is 9.13 Å². The van der Waals surface area contributed by atoms with Gasteiger partial charge in [0.25, 0.3) is 0 Å². The minimum absolute atomic E-state index is 0.105. The number of hydrogen-bond acceptors (Lipinski definition) is 3. The van der Waals surface area contributed by atoms with Crippen LogP contribution in [0.4, 0.5) is 4.39 Å². The number of ether oxygens (including phenoxy) is 1. The third-order valence-corrected chi connectivity index (χ3v) is 3.94. The van der Waals surface area contributed by atoms with Crippen LogP contribution >= 0.6 is 0 Å². The average molecular weight is 248 g/mol. The van der Waals surface area contributed by atoms with Gasteiger partial charge in [0.1, 0.15) is 6.73 Å². The zero-order valence-corrected chi connectivity index (χ0v) is 12.2. The van der Waals surface area contributed by atoms with E-state index in [1.54, 1.807) is 0 Å². The summed E-state index contributed by atoms with van der Waals surface area (Å²) in [6.07, 6.45) is -1.12. The molecule has 3 nitrogen and oxygen atoms in total. The molecule has 1 atom stereocenters. The maximum absolute atomic E-state index is 13.6. The molecular weight excluding hydrogens is 223 g/mol. The van der Waals surface area contributed by atoms with Crippen molar-refractivity contribution in [2.75, 3.05) is 13.3 Å². The summed E-state index contributed by atoms with van der Waals surface area (Å²) < 4.78 is 19.0. The molecule has 0 aliphatic heterocycles. The molecule has 0 aromatic rings. The van der Waals surface area contributed by atoms with E-state index in [1.807, 2.05) is 13.8 Å². The second-order valence-corrected chi connectivity index (χ2v) is 11.2. The Kier molecular flexibility index (Phi) is 6.83. The first kappa shape index (κ1) is 15.6. The zero-order chi connectivity index (χ0) is 12.8. The van der Waals surface area contributed by atoms with Crippen molar-refractivity contribution >= 4 is 14.8 Å². The molecular formula is C11H25FN2OSi. The van der Waals surface area contributed by atoms with Crippen molar-refractivity contribution in [3.05, 3.63) is 0 Å². The lowest BCUT2D eigenvalue weighted by atomic mass is 10.2. The summed E-state index contributed by atoms with van der Waals surface area (Å²) in [4.78, 5) is 0. The predicted molar refractivity (Wildman–Crippen MR) is 70.1 cm³/mol. The molecule has 0 spiro atoms. The van der Waals surface area contributed by atoms with Gasteiger partial charge in [-0.25, -0.2) is 9.40 Å². The van der Waals surface area contributed by atoms with Crippen molar-refractivity contribution in [1.82, 2.24) is 5.01 Å². The number of nitrogens with zero attached hydrogens (tertiary/aromatic N) is 2. The van der Waals surface area contributed by atoms with E-state index in [-0.39, 0.29) is 12.6 Å². The van der Waals surface area contributed by atoms with E-state index in [1.165, 1.54) is 5.01 Å². The van der Waals surface area contributed by atoms with E-state index in [9.17, 15) is 4.39 Å². The Hall–Kier alpha value is -0.423. The van der Waals surface area contributed by atoms with Gasteiger partial charge < -0.3 is 4.74 Å². The fourth-order valence-electron chi connectivity index (χ4n) is 1.07. The molecule has 0 fully saturated rings. The molecule has 0 aliphatic carbocycles. The Balaban J connectivity index is 3.84. The molecule has 5 heteroatoms. The number of rotatable bonds is 8. The molecule has 0 bridgehead atoms. The maximum Gasteiger partial charge on any atom is 0.192 e. The summed E-state index contributed by atoms with van der Waals surface area (Å²) in [6, 6.07) is 1.08. The maximum atomic E-state index is 13.6. The number of hydrogen-bond donors (Lipinski definition) is 0. The van der Waals surface area contributed by atoms with Crippen LogP contribution in [0.2, 0.25) is 25.7 Å². The van der Waals surface area contributed by atoms with Gasteiger partial charge in [-0.1, -0.05) is 33.5 Å². The third-order valence-electron chi connectivity index (χ3n) is 2.24. The van der Waals surface area contributed by atoms with Gasteiger partial charge in [-0.3, -0.25) is 0 Å². The summed E-state index contributed by atoms with van der Waals surface area (Å²) in [6.45, 7) is 14.7. The Bertz CT molecular complexity index is 207. The SMILES string of the molecule is C=NN(COCC[Si](C)(C)C)C(F)C(C)C. The molecule has 0 aromatic carbocycles. The van der Waals surface area contributed by atoms with Crippen LogP contribution in [-0.4, -0.2) is 39.4 Å². The minimum Gasteiger partial charge on any atom is -0.360 e. The van der Waals surface area contributed by atoms with Gasteiger partial charge in [-0.05, 0) is 6.04 Å². The minimum atomic E-state index is -1.12. The van der Waals surface area contributed by atoms with Crippen LogP contribution in [0.15, 0.2) is 5.10 Å². The second-order valence-electron chi connectivity index (χ2n) is 5.55. The smallest absolute Gasteiger partial charge is 0.192 e. The molecule has 0 aromatic heterocycles. The Morgan fingerprint density at radius 3 is 2.31 bits per heavy atom. The third kappa shape index (κ3) is 6.95. The van der Waals surface area contributed by atoms with Gasteiger partial charge in [0, 0.05) is 27.3 Å². The number of alkyl halides is 1. The number of halogens is 1. The second kappa shape index (κ2) is 7.01. The summed E-state index contributed by atoms with van der Waals surface area (Å²) in [5.74, 6) is -0.105. The highest BCUT2D eigenvalue weighted by atomic mass is 28.3. The summed E-state index contributed by atoms with van der Waals surface area (Å²) in [5.41, 5.74) is 0. The van der Waals surface area contributed by atoms with E-state index in [2.05, 4.69) is 31.5 Å². The zero-order valence-electron chi connectivity index (χ0n) is 11.2. The van der Waals surface area contributed by atoms with Crippen LogP contribution in [0.1, 0.15) is 13.8 Å². The molecule has 96 valence electrons. The topological polar surface area (TPSA) is 24.8 Å². The molecule has 0 aliphatic rings. The largest absolute Gasteiger partial charge is 0.360 e. The fraction of sp³-hybridized carbons (Fsp3) is 0.909. The van der Waals surface area contributed by atoms with Crippen LogP contribution in [-0.2, 0) is 4.74 Å². The van der Waals surface area contributed by atoms with E-state index in [4.69, 9.17) is 4.74 Å². The summed E-state index contributed by atoms with van der Waals surface area (Å²) >= 11 is 0. The lowest BCUT2D eigenvalue weighted by Crippen LogP contribution is -2.33. The Morgan fingerprint density at radius 1 is 1.38 bits per heavy atom. The van der Waals surface area contributed by atoms with Gasteiger partial charge in [-0.15, -0.1) is 0 Å². The lowest BCUT2D eigenvalue weighted by Gasteiger charge is -2.25. The van der Waals surface area contributed by atoms with E-state index in [0.717, 1.165) is 6.04 Å². The van der Waals surface area contributed by atoms with Gasteiger partial charge >= 0.3 is 0 Å². The van der Waals surface area contributed by atoms with Gasteiger partial charge in [0.2, 0.25) is 0 Å². The summed E-state index contributed by atoms with van der Waals surface area (Å²) in [7, 11) is -1.07. The van der Waals surface area contributed by atoms with Crippen molar-refractivity contribution in [1.29, 1.82) is 0 Å². The quantitative estimate of drug-likeness (QED) is 0.165. The number of hydrazone groups is 1. The Morgan fingerprint density at radius 2 is 1.94 bits per heavy atom. The van der Waals surface area contributed by atoms with Crippen molar-refractivity contribution in [3.8, 4) is 0 Å². The average Bonchev–Trinajstić information content (AvgIpc) is 2.15. The van der Waals surface area contributed by atoms with Crippen LogP contribution < -0.4 is 0 Å². The highest BCUT2D eigenvalue weighted by molar-refractivity contribution is 6.76. The molecule has 0 amide bonds. The molecule has 0 saturated carbocycles. The molecule has 0 radical (unpaired) electrons. The van der Waals surface area contributed by atoms with Crippen LogP contribution in [0.5, 0.6) is 0 Å². The van der Waals surface area contributed by atoms with Crippen LogP contribution in [0.3, 0.4) is 0 Å². The molecule has 1 unspecified atom stereocenters. The lowest BCUT2D eigenvalue weighted by molar-refractivity contribution is -0.0468. The monoisotopic (exact) mass is 248 g/mol. The van der Waals surface area contributed by atoms with E-state index >= 15 is 0 Å². The fourth-order valence-corrected chi connectivity index (χ4v) is 1.83. The van der Waals surface area contributed by atoms with Gasteiger partial charge in [0.05, 0.1) is 0 Å². The van der Waals surface area contributed by atoms with Gasteiger partial charge in [0.15, 0.2) is 6.30 Å². The highest BCUT2D eigenvalue weighted by Crippen LogP contribution is 2.13. The van der Waals surface area contributed by atoms with Crippen LogP contribution in [0.25, 0.3) is 0 Å². The van der Waals surface area contributed by atoms with Crippen LogP contribution in [0, 0.1) is 5.92 Å². The van der Waals surface area contributed by atoms with E-state index in [0.29, 0.717) is 6.61 Å². The standard InChI is InChI=1S/C11H25FN2OSi/c1-10(2)11(12)14(13-3)9-15-7-8-16(4,5)6/h10-11H,3,7-9H2,1-2,4-6H3. The first-order valence-corrected chi connectivity index (χ1v) is 9.43. The summed E-state index contributed by atoms with van der Waals surface area (Å²) in [5, 5.41) is 4.90. The first-order valence-electron chi connectivity index (χ1n) is 5.73. The van der Waals surface area contributed by atoms with Crippen molar-refractivity contribution in [2.45, 2.75) is 45.8 Å². The Labute approximate surface area is 99.7 Å². The molecule has 0 rings (SSSR count). The van der Waals surface area contributed by atoms with Crippen molar-refractivity contribution in [3.63, 3.8) is 0 Å². The molecule has 16 heavy (non-hydrogen) atoms. The van der Waals surface area contributed by atoms with E-state index < -0.39 is 14.4 Å². The molecule has 0 saturated heterocycles. The molecule has 0 N–H and O–H groups in total. The highest BCUT2D eigenvalue weighted by Gasteiger charge is 2.19. The van der Waals surface area contributed by atoms with Crippen molar-refractivity contribution in [2.24, 2.45) is 11.0 Å².